The Labute approximate surface area is 189 Å². The number of sulfonamides is 1. The summed E-state index contributed by atoms with van der Waals surface area (Å²) >= 11 is 1.34. The topological polar surface area (TPSA) is 70.6 Å². The minimum atomic E-state index is -3.75. The lowest BCUT2D eigenvalue weighted by Gasteiger charge is -2.22. The first-order valence-corrected chi connectivity index (χ1v) is 12.4. The number of rotatable bonds is 5. The summed E-state index contributed by atoms with van der Waals surface area (Å²) < 4.78 is 53.6. The number of nitrogens with zero attached hydrogens (tertiary/aromatic N) is 3. The van der Waals surface area contributed by atoms with Crippen LogP contribution in [-0.4, -0.2) is 54.7 Å². The zero-order valence-electron chi connectivity index (χ0n) is 17.1. The van der Waals surface area contributed by atoms with Crippen molar-refractivity contribution in [2.75, 3.05) is 26.2 Å². The normalized spacial score (nSPS) is 15.5. The van der Waals surface area contributed by atoms with Gasteiger partial charge in [-0.15, -0.1) is 11.3 Å². The first-order chi connectivity index (χ1) is 15.3. The highest BCUT2D eigenvalue weighted by atomic mass is 32.2. The number of carbonyl (C=O) groups excluding carboxylic acids is 1. The number of amides is 1. The van der Waals surface area contributed by atoms with E-state index in [2.05, 4.69) is 4.98 Å². The van der Waals surface area contributed by atoms with E-state index in [1.165, 1.54) is 39.9 Å². The zero-order valence-corrected chi connectivity index (χ0v) is 18.7. The Morgan fingerprint density at radius 3 is 2.53 bits per heavy atom. The van der Waals surface area contributed by atoms with Crippen molar-refractivity contribution < 1.29 is 22.0 Å². The van der Waals surface area contributed by atoms with Gasteiger partial charge in [-0.1, -0.05) is 12.1 Å². The first kappa shape index (κ1) is 22.5. The summed E-state index contributed by atoms with van der Waals surface area (Å²) in [6, 6.07) is 10.9. The fourth-order valence-electron chi connectivity index (χ4n) is 3.55. The second kappa shape index (κ2) is 9.43. The Morgan fingerprint density at radius 1 is 1.00 bits per heavy atom. The lowest BCUT2D eigenvalue weighted by atomic mass is 10.2. The SMILES string of the molecule is O=C(Cc1csc(-c2cccc(F)c2)n1)N1CCCN(S(=O)(=O)c2ccc(F)cc2)CC1. The standard InChI is InChI=1S/C22H21F2N3O3S2/c23-17-5-7-20(8-6-17)32(29,30)27-10-2-9-26(11-12-27)21(28)14-19-15-31-22(25-19)16-3-1-4-18(24)13-16/h1,3-8,13,15H,2,9-12,14H2. The van der Waals surface area contributed by atoms with Gasteiger partial charge in [-0.3, -0.25) is 4.79 Å². The monoisotopic (exact) mass is 477 g/mol. The Kier molecular flexibility index (Phi) is 6.63. The van der Waals surface area contributed by atoms with Crippen molar-refractivity contribution >= 4 is 27.3 Å². The van der Waals surface area contributed by atoms with E-state index >= 15 is 0 Å². The molecule has 0 aliphatic carbocycles. The van der Waals surface area contributed by atoms with Crippen molar-refractivity contribution in [3.8, 4) is 10.6 Å². The molecule has 0 saturated carbocycles. The molecule has 1 fully saturated rings. The van der Waals surface area contributed by atoms with Gasteiger partial charge < -0.3 is 4.90 Å². The van der Waals surface area contributed by atoms with Crippen LogP contribution in [0.5, 0.6) is 0 Å². The number of hydrogen-bond donors (Lipinski definition) is 0. The van der Waals surface area contributed by atoms with Crippen molar-refractivity contribution in [1.82, 2.24) is 14.2 Å². The predicted octanol–water partition coefficient (Wildman–Crippen LogP) is 3.55. The maximum absolute atomic E-state index is 13.4. The molecule has 0 spiro atoms. The summed E-state index contributed by atoms with van der Waals surface area (Å²) in [5, 5.41) is 2.42. The van der Waals surface area contributed by atoms with Crippen LogP contribution >= 0.6 is 11.3 Å². The molecule has 1 aliphatic heterocycles. The third kappa shape index (κ3) is 5.03. The van der Waals surface area contributed by atoms with Crippen molar-refractivity contribution in [2.45, 2.75) is 17.7 Å². The van der Waals surface area contributed by atoms with E-state index in [4.69, 9.17) is 0 Å². The molecule has 1 amide bonds. The number of benzene rings is 2. The van der Waals surface area contributed by atoms with Crippen molar-refractivity contribution in [1.29, 1.82) is 0 Å². The van der Waals surface area contributed by atoms with E-state index in [-0.39, 0.29) is 42.7 Å². The van der Waals surface area contributed by atoms with E-state index in [1.54, 1.807) is 22.4 Å². The van der Waals surface area contributed by atoms with Crippen molar-refractivity contribution in [2.24, 2.45) is 0 Å². The van der Waals surface area contributed by atoms with E-state index in [1.807, 2.05) is 0 Å². The van der Waals surface area contributed by atoms with Gasteiger partial charge in [0.1, 0.15) is 16.6 Å². The largest absolute Gasteiger partial charge is 0.341 e. The number of halogens is 2. The van der Waals surface area contributed by atoms with Gasteiger partial charge >= 0.3 is 0 Å². The average Bonchev–Trinajstić information content (AvgIpc) is 3.08. The summed E-state index contributed by atoms with van der Waals surface area (Å²) in [6.45, 7) is 1.15. The highest BCUT2D eigenvalue weighted by Gasteiger charge is 2.28. The van der Waals surface area contributed by atoms with Gasteiger partial charge in [0, 0.05) is 37.1 Å². The molecule has 2 aromatic carbocycles. The third-order valence-corrected chi connectivity index (χ3v) is 8.07. The van der Waals surface area contributed by atoms with E-state index in [0.29, 0.717) is 29.2 Å². The van der Waals surface area contributed by atoms with Crippen LogP contribution in [0.1, 0.15) is 12.1 Å². The lowest BCUT2D eigenvalue weighted by Crippen LogP contribution is -2.38. The van der Waals surface area contributed by atoms with Gasteiger partial charge in [0.2, 0.25) is 15.9 Å². The molecule has 0 N–H and O–H groups in total. The fraction of sp³-hybridized carbons (Fsp3) is 0.273. The number of aromatic nitrogens is 1. The fourth-order valence-corrected chi connectivity index (χ4v) is 5.83. The molecule has 0 radical (unpaired) electrons. The predicted molar refractivity (Wildman–Crippen MR) is 118 cm³/mol. The van der Waals surface area contributed by atoms with Crippen LogP contribution in [0.25, 0.3) is 10.6 Å². The molecular weight excluding hydrogens is 456 g/mol. The minimum Gasteiger partial charge on any atom is -0.341 e. The molecule has 10 heteroatoms. The molecule has 4 rings (SSSR count). The molecule has 6 nitrogen and oxygen atoms in total. The molecule has 3 aromatic rings. The van der Waals surface area contributed by atoms with E-state index < -0.39 is 15.8 Å². The Hall–Kier alpha value is -2.69. The number of carbonyl (C=O) groups is 1. The number of hydrogen-bond acceptors (Lipinski definition) is 5. The maximum atomic E-state index is 13.4. The third-order valence-electron chi connectivity index (χ3n) is 5.21. The second-order valence-electron chi connectivity index (χ2n) is 7.42. The van der Waals surface area contributed by atoms with Crippen LogP contribution < -0.4 is 0 Å². The van der Waals surface area contributed by atoms with Gasteiger partial charge in [0.25, 0.3) is 0 Å². The highest BCUT2D eigenvalue weighted by Crippen LogP contribution is 2.25. The molecule has 0 bridgehead atoms. The summed E-state index contributed by atoms with van der Waals surface area (Å²) in [7, 11) is -3.75. The molecule has 1 aromatic heterocycles. The van der Waals surface area contributed by atoms with E-state index in [0.717, 1.165) is 12.1 Å². The molecule has 1 saturated heterocycles. The van der Waals surface area contributed by atoms with Crippen LogP contribution in [0, 0.1) is 11.6 Å². The molecule has 32 heavy (non-hydrogen) atoms. The molecule has 0 unspecified atom stereocenters. The van der Waals surface area contributed by atoms with Gasteiger partial charge in [0.15, 0.2) is 0 Å². The quantitative estimate of drug-likeness (QED) is 0.564. The summed E-state index contributed by atoms with van der Waals surface area (Å²) in [4.78, 5) is 18.9. The van der Waals surface area contributed by atoms with Gasteiger partial charge in [-0.05, 0) is 42.8 Å². The summed E-state index contributed by atoms with van der Waals surface area (Å²) in [5.74, 6) is -0.985. The van der Waals surface area contributed by atoms with Crippen LogP contribution in [0.15, 0.2) is 58.8 Å². The molecule has 168 valence electrons. The Bertz CT molecular complexity index is 1210. The molecule has 0 atom stereocenters. The average molecular weight is 478 g/mol. The summed E-state index contributed by atoms with van der Waals surface area (Å²) in [5.41, 5.74) is 1.25. The zero-order chi connectivity index (χ0) is 22.7. The van der Waals surface area contributed by atoms with Gasteiger partial charge in [-0.25, -0.2) is 22.2 Å². The summed E-state index contributed by atoms with van der Waals surface area (Å²) in [6.07, 6.45) is 0.592. The number of thiazole rings is 1. The Morgan fingerprint density at radius 2 is 1.78 bits per heavy atom. The lowest BCUT2D eigenvalue weighted by molar-refractivity contribution is -0.130. The van der Waals surface area contributed by atoms with Crippen LogP contribution in [0.4, 0.5) is 8.78 Å². The van der Waals surface area contributed by atoms with Crippen LogP contribution in [0.2, 0.25) is 0 Å². The minimum absolute atomic E-state index is 0.0334. The van der Waals surface area contributed by atoms with Gasteiger partial charge in [-0.2, -0.15) is 4.31 Å². The van der Waals surface area contributed by atoms with Crippen LogP contribution in [-0.2, 0) is 21.2 Å². The first-order valence-electron chi connectivity index (χ1n) is 10.1. The van der Waals surface area contributed by atoms with Crippen molar-refractivity contribution in [3.05, 3.63) is 71.2 Å². The molecular formula is C22H21F2N3O3S2. The van der Waals surface area contributed by atoms with Crippen LogP contribution in [0.3, 0.4) is 0 Å². The smallest absolute Gasteiger partial charge is 0.243 e. The van der Waals surface area contributed by atoms with Gasteiger partial charge in [0.05, 0.1) is 17.0 Å². The van der Waals surface area contributed by atoms with E-state index in [9.17, 15) is 22.0 Å². The Balaban J connectivity index is 1.39. The van der Waals surface area contributed by atoms with Crippen molar-refractivity contribution in [3.63, 3.8) is 0 Å². The molecule has 1 aliphatic rings. The molecule has 2 heterocycles. The highest BCUT2D eigenvalue weighted by molar-refractivity contribution is 7.89. The maximum Gasteiger partial charge on any atom is 0.243 e. The second-order valence-corrected chi connectivity index (χ2v) is 10.2.